The van der Waals surface area contributed by atoms with Gasteiger partial charge in [0.2, 0.25) is 0 Å². The van der Waals surface area contributed by atoms with Crippen LogP contribution in [0, 0.1) is 0 Å². The molecule has 101 heavy (non-hydrogen) atoms. The minimum Gasteiger partial charge on any atom is -0.311 e. The van der Waals surface area contributed by atoms with Gasteiger partial charge >= 0.3 is 0 Å². The van der Waals surface area contributed by atoms with E-state index in [4.69, 9.17) is 29.9 Å². The summed E-state index contributed by atoms with van der Waals surface area (Å²) in [4.78, 5) is 37.3. The van der Waals surface area contributed by atoms with Crippen molar-refractivity contribution in [3.8, 4) is 90.8 Å². The first kappa shape index (κ1) is 57.6. The quantitative estimate of drug-likeness (QED) is 0.118. The first-order valence-corrected chi connectivity index (χ1v) is 34.1. The van der Waals surface area contributed by atoms with Crippen LogP contribution in [-0.4, -0.2) is 45.8 Å². The molecule has 14 aromatic carbocycles. The number of rotatable bonds is 11. The van der Waals surface area contributed by atoms with Crippen molar-refractivity contribution in [3.05, 3.63) is 346 Å². The third-order valence-electron chi connectivity index (χ3n) is 20.0. The lowest BCUT2D eigenvalue weighted by atomic mass is 9.33. The topological polar surface area (TPSA) is 93.7 Å². The molecule has 6 heterocycles. The molecule has 11 heteroatoms. The van der Waals surface area contributed by atoms with E-state index in [1.807, 2.05) is 78.9 Å². The molecular weight excluding hydrogens is 1230 g/mol. The van der Waals surface area contributed by atoms with E-state index in [1.54, 1.807) is 0 Å². The average Bonchev–Trinajstić information content (AvgIpc) is 1.34. The van der Waals surface area contributed by atoms with Crippen LogP contribution < -0.4 is 26.2 Å². The van der Waals surface area contributed by atoms with Gasteiger partial charge in [-0.05, 0) is 119 Å². The average molecular weight is 1290 g/mol. The maximum atomic E-state index is 5.67. The van der Waals surface area contributed by atoms with Crippen LogP contribution in [0.4, 0.5) is 34.1 Å². The number of fused-ring (bicyclic) bond motifs is 10. The van der Waals surface area contributed by atoms with Gasteiger partial charge in [0.05, 0.1) is 33.4 Å². The van der Waals surface area contributed by atoms with Crippen LogP contribution in [0.2, 0.25) is 0 Å². The molecule has 2 aliphatic heterocycles. The number of hydrogen-bond acceptors (Lipinski definition) is 8. The van der Waals surface area contributed by atoms with E-state index in [0.29, 0.717) is 34.9 Å². The molecule has 10 nitrogen and oxygen atoms in total. The second kappa shape index (κ2) is 23.6. The Hall–Kier alpha value is -13.6. The first-order valence-electron chi connectivity index (χ1n) is 34.1. The van der Waals surface area contributed by atoms with Crippen molar-refractivity contribution in [2.75, 3.05) is 9.80 Å². The zero-order valence-electron chi connectivity index (χ0n) is 54.5. The summed E-state index contributed by atoms with van der Waals surface area (Å²) >= 11 is 0. The lowest BCUT2D eigenvalue weighted by molar-refractivity contribution is 1.06. The molecule has 0 fully saturated rings. The number of anilines is 6. The molecule has 0 radical (unpaired) electrons. The zero-order chi connectivity index (χ0) is 66.5. The molecule has 0 aliphatic carbocycles. The normalized spacial score (nSPS) is 12.3. The van der Waals surface area contributed by atoms with Crippen LogP contribution in [-0.2, 0) is 0 Å². The Kier molecular flexibility index (Phi) is 13.4. The van der Waals surface area contributed by atoms with Crippen molar-refractivity contribution < 1.29 is 0 Å². The molecule has 470 valence electrons. The van der Waals surface area contributed by atoms with Crippen molar-refractivity contribution in [2.24, 2.45) is 0 Å². The molecule has 0 atom stereocenters. The maximum Gasteiger partial charge on any atom is 0.252 e. The van der Waals surface area contributed by atoms with Gasteiger partial charge in [-0.2, -0.15) is 0 Å². The highest BCUT2D eigenvalue weighted by Crippen LogP contribution is 2.49. The van der Waals surface area contributed by atoms with Gasteiger partial charge in [-0.25, -0.2) is 29.9 Å². The van der Waals surface area contributed by atoms with Gasteiger partial charge in [-0.15, -0.1) is 0 Å². The molecule has 0 saturated heterocycles. The highest BCUT2D eigenvalue weighted by molar-refractivity contribution is 7.00. The fourth-order valence-electron chi connectivity index (χ4n) is 15.5. The second-order valence-electron chi connectivity index (χ2n) is 25.7. The van der Waals surface area contributed by atoms with Gasteiger partial charge in [0.1, 0.15) is 0 Å². The van der Waals surface area contributed by atoms with Gasteiger partial charge in [0, 0.05) is 94.6 Å². The lowest BCUT2D eigenvalue weighted by Gasteiger charge is -2.45. The number of benzene rings is 14. The van der Waals surface area contributed by atoms with Crippen molar-refractivity contribution in [3.63, 3.8) is 0 Å². The maximum absolute atomic E-state index is 5.67. The van der Waals surface area contributed by atoms with E-state index in [2.05, 4.69) is 286 Å². The van der Waals surface area contributed by atoms with Crippen LogP contribution in [0.5, 0.6) is 0 Å². The summed E-state index contributed by atoms with van der Waals surface area (Å²) in [6.07, 6.45) is 0. The Balaban J connectivity index is 0.812. The summed E-state index contributed by atoms with van der Waals surface area (Å²) in [5.41, 5.74) is 23.9. The second-order valence-corrected chi connectivity index (χ2v) is 25.7. The lowest BCUT2D eigenvalue weighted by Crippen LogP contribution is -2.61. The standard InChI is InChI=1S/C90H57BN10/c1-7-27-59(28-8-1)85-92-86(60-29-9-2-10-30-60)95-89(94-85)63-51-53-77(101-76-44-24-20-40-69(76)71-56-70-68-39-19-23-43-75(68)98(81(70)57-82(71)101)64-33-13-4-14-34-64)72(55-63)90-96-87(61-31-11-3-12-32-61)93-88(97-90)62-49-47-58(48-50-62)67-52-54-80-83-84(67)100(66-37-17-6-18-38-66)79-46-26-22-42-74(79)91(83)73-41-21-25-45-78(73)99(80)65-35-15-5-16-36-65/h1-57H. The number of nitrogens with zero attached hydrogens (tertiary/aromatic N) is 10. The summed E-state index contributed by atoms with van der Waals surface area (Å²) < 4.78 is 4.77. The van der Waals surface area contributed by atoms with Crippen LogP contribution in [0.1, 0.15) is 0 Å². The van der Waals surface area contributed by atoms with E-state index in [-0.39, 0.29) is 6.71 Å². The Labute approximate surface area is 582 Å². The van der Waals surface area contributed by atoms with Crippen LogP contribution in [0.15, 0.2) is 346 Å². The fraction of sp³-hybridized carbons (Fsp3) is 0. The van der Waals surface area contributed by atoms with Gasteiger partial charge in [0.25, 0.3) is 6.71 Å². The van der Waals surface area contributed by atoms with E-state index < -0.39 is 0 Å². The van der Waals surface area contributed by atoms with Gasteiger partial charge in [-0.1, -0.05) is 249 Å². The molecule has 20 rings (SSSR count). The monoisotopic (exact) mass is 1290 g/mol. The van der Waals surface area contributed by atoms with Crippen LogP contribution in [0.3, 0.4) is 0 Å². The zero-order valence-corrected chi connectivity index (χ0v) is 54.5. The number of aromatic nitrogens is 8. The minimum absolute atomic E-state index is 0.0404. The third-order valence-corrected chi connectivity index (χ3v) is 20.0. The molecule has 0 unspecified atom stereocenters. The Bertz CT molecular complexity index is 6200. The van der Waals surface area contributed by atoms with E-state index in [0.717, 1.165) is 117 Å². The van der Waals surface area contributed by atoms with Crippen LogP contribution >= 0.6 is 0 Å². The van der Waals surface area contributed by atoms with Crippen molar-refractivity contribution in [1.29, 1.82) is 0 Å². The van der Waals surface area contributed by atoms with E-state index >= 15 is 0 Å². The van der Waals surface area contributed by atoms with Gasteiger partial charge in [-0.3, -0.25) is 0 Å². The molecule has 0 spiro atoms. The number of para-hydroxylation sites is 7. The van der Waals surface area contributed by atoms with Crippen molar-refractivity contribution in [2.45, 2.75) is 0 Å². The van der Waals surface area contributed by atoms with E-state index in [1.165, 1.54) is 32.8 Å². The molecule has 0 N–H and O–H groups in total. The summed E-state index contributed by atoms with van der Waals surface area (Å²) in [6.45, 7) is -0.0404. The summed E-state index contributed by atoms with van der Waals surface area (Å²) in [5.74, 6) is 3.17. The Morgan fingerprint density at radius 3 is 1.15 bits per heavy atom. The smallest absolute Gasteiger partial charge is 0.252 e. The molecule has 0 amide bonds. The molecule has 18 aromatic rings. The fourth-order valence-corrected chi connectivity index (χ4v) is 15.5. The largest absolute Gasteiger partial charge is 0.311 e. The Morgan fingerprint density at radius 2 is 0.604 bits per heavy atom. The highest BCUT2D eigenvalue weighted by Gasteiger charge is 2.44. The highest BCUT2D eigenvalue weighted by atomic mass is 15.2. The predicted octanol–water partition coefficient (Wildman–Crippen LogP) is 20.0. The molecule has 4 aromatic heterocycles. The number of hydrogen-bond donors (Lipinski definition) is 0. The molecule has 0 bridgehead atoms. The first-order chi connectivity index (χ1) is 50.1. The van der Waals surface area contributed by atoms with E-state index in [9.17, 15) is 0 Å². The van der Waals surface area contributed by atoms with Crippen LogP contribution in [0.25, 0.3) is 134 Å². The van der Waals surface area contributed by atoms with Crippen molar-refractivity contribution in [1.82, 2.24) is 39.0 Å². The summed E-state index contributed by atoms with van der Waals surface area (Å²) in [6, 6.07) is 123. The molecular formula is C90H57BN10. The molecule has 0 saturated carbocycles. The minimum atomic E-state index is -0.0404. The summed E-state index contributed by atoms with van der Waals surface area (Å²) in [5, 5.41) is 4.59. The van der Waals surface area contributed by atoms with Gasteiger partial charge < -0.3 is 18.9 Å². The van der Waals surface area contributed by atoms with Crippen molar-refractivity contribution >= 4 is 101 Å². The van der Waals surface area contributed by atoms with Gasteiger partial charge in [0.15, 0.2) is 34.9 Å². The predicted molar refractivity (Wildman–Crippen MR) is 414 cm³/mol. The third kappa shape index (κ3) is 9.50. The Morgan fingerprint density at radius 1 is 0.218 bits per heavy atom. The summed E-state index contributed by atoms with van der Waals surface area (Å²) in [7, 11) is 0. The molecule has 2 aliphatic rings. The SMILES string of the molecule is c1ccc(-c2nc(-c3ccccc3)nc(-c3ccc(-n4c5ccccc5c5cc6c7ccccc7n(-c7ccccc7)c6cc54)c(-c4nc(-c5ccccc5)nc(-c5ccc(-c6ccc7c8c6N(c6ccccc6)c6ccccc6B8c6ccccc6N7c6ccccc6)cc5)n4)c3)n2)cc1.